The van der Waals surface area contributed by atoms with Crippen molar-refractivity contribution in [2.24, 2.45) is 0 Å². The maximum Gasteiger partial charge on any atom is 0.123 e. The van der Waals surface area contributed by atoms with Crippen LogP contribution in [-0.2, 0) is 5.75 Å². The molecule has 0 fully saturated rings. The fourth-order valence-electron chi connectivity index (χ4n) is 1.60. The molecule has 2 rings (SSSR count). The summed E-state index contributed by atoms with van der Waals surface area (Å²) in [5.74, 6) is 0.172. The van der Waals surface area contributed by atoms with Crippen LogP contribution in [0.5, 0.6) is 0 Å². The summed E-state index contributed by atoms with van der Waals surface area (Å²) in [7, 11) is 0. The van der Waals surface area contributed by atoms with Crippen molar-refractivity contribution < 1.29 is 4.39 Å². The van der Waals surface area contributed by atoms with Crippen LogP contribution in [-0.4, -0.2) is 0 Å². The van der Waals surface area contributed by atoms with Gasteiger partial charge in [-0.15, -0.1) is 11.8 Å². The third-order valence-corrected chi connectivity index (χ3v) is 4.17. The summed E-state index contributed by atoms with van der Waals surface area (Å²) in [4.78, 5) is 0.913. The summed E-state index contributed by atoms with van der Waals surface area (Å²) in [5.41, 5.74) is 7.72. The molecule has 2 aromatic carbocycles. The van der Waals surface area contributed by atoms with Gasteiger partial charge in [-0.2, -0.15) is 5.26 Å². The van der Waals surface area contributed by atoms with E-state index in [1.807, 2.05) is 18.2 Å². The molecule has 0 heterocycles. The van der Waals surface area contributed by atoms with Crippen LogP contribution < -0.4 is 5.73 Å². The summed E-state index contributed by atoms with van der Waals surface area (Å²) >= 11 is 4.83. The predicted molar refractivity (Wildman–Crippen MR) is 79.2 cm³/mol. The number of nitriles is 1. The van der Waals surface area contributed by atoms with Crippen LogP contribution in [0, 0.1) is 17.1 Å². The molecule has 0 saturated carbocycles. The number of nitrogens with zero attached hydrogens (tertiary/aromatic N) is 1. The molecule has 0 saturated heterocycles. The van der Waals surface area contributed by atoms with Crippen LogP contribution in [0.4, 0.5) is 10.1 Å². The quantitative estimate of drug-likeness (QED) is 0.670. The number of nitrogens with two attached hydrogens (primary N) is 1. The van der Waals surface area contributed by atoms with E-state index in [2.05, 4.69) is 22.0 Å². The molecule has 0 aromatic heterocycles. The van der Waals surface area contributed by atoms with Crippen molar-refractivity contribution in [3.8, 4) is 6.07 Å². The van der Waals surface area contributed by atoms with Gasteiger partial charge in [-0.1, -0.05) is 15.9 Å². The first-order valence-electron chi connectivity index (χ1n) is 5.46. The van der Waals surface area contributed by atoms with Crippen LogP contribution in [0.2, 0.25) is 0 Å². The Morgan fingerprint density at radius 3 is 2.74 bits per heavy atom. The fraction of sp³-hybridized carbons (Fsp3) is 0.0714. The van der Waals surface area contributed by atoms with Crippen LogP contribution in [0.15, 0.2) is 45.8 Å². The number of hydrogen-bond acceptors (Lipinski definition) is 3. The number of nitrogen functional groups attached to an aromatic ring is 1. The van der Waals surface area contributed by atoms with Gasteiger partial charge in [0.25, 0.3) is 0 Å². The van der Waals surface area contributed by atoms with Gasteiger partial charge in [0, 0.05) is 20.8 Å². The molecule has 0 amide bonds. The van der Waals surface area contributed by atoms with Gasteiger partial charge in [0.15, 0.2) is 0 Å². The van der Waals surface area contributed by atoms with Crippen LogP contribution in [0.3, 0.4) is 0 Å². The Labute approximate surface area is 123 Å². The normalized spacial score (nSPS) is 10.2. The molecular weight excluding hydrogens is 327 g/mol. The van der Waals surface area contributed by atoms with E-state index in [0.717, 1.165) is 9.37 Å². The molecule has 0 bridgehead atoms. The summed E-state index contributed by atoms with van der Waals surface area (Å²) in [5, 5.41) is 8.98. The number of thioether (sulfide) groups is 1. The Hall–Kier alpha value is -1.51. The molecule has 0 aliphatic rings. The van der Waals surface area contributed by atoms with Gasteiger partial charge in [-0.3, -0.25) is 0 Å². The van der Waals surface area contributed by atoms with E-state index >= 15 is 0 Å². The molecule has 0 radical (unpaired) electrons. The van der Waals surface area contributed by atoms with Crippen LogP contribution in [0.1, 0.15) is 11.1 Å². The minimum Gasteiger partial charge on any atom is -0.398 e. The first-order valence-corrected chi connectivity index (χ1v) is 7.24. The smallest absolute Gasteiger partial charge is 0.123 e. The lowest BCUT2D eigenvalue weighted by Gasteiger charge is -2.07. The molecule has 5 heteroatoms. The molecule has 2 nitrogen and oxygen atoms in total. The Morgan fingerprint density at radius 1 is 1.26 bits per heavy atom. The first-order chi connectivity index (χ1) is 9.10. The second kappa shape index (κ2) is 6.09. The molecule has 0 unspecified atom stereocenters. The maximum absolute atomic E-state index is 13.2. The van der Waals surface area contributed by atoms with Crippen molar-refractivity contribution in [2.75, 3.05) is 5.73 Å². The van der Waals surface area contributed by atoms with E-state index in [-0.39, 0.29) is 5.82 Å². The van der Waals surface area contributed by atoms with Gasteiger partial charge in [0.05, 0.1) is 11.6 Å². The second-order valence-electron chi connectivity index (χ2n) is 3.88. The molecule has 0 aliphatic heterocycles. The van der Waals surface area contributed by atoms with E-state index in [0.29, 0.717) is 22.6 Å². The summed E-state index contributed by atoms with van der Waals surface area (Å²) < 4.78 is 14.1. The minimum absolute atomic E-state index is 0.335. The highest BCUT2D eigenvalue weighted by atomic mass is 79.9. The first kappa shape index (κ1) is 13.9. The van der Waals surface area contributed by atoms with E-state index in [1.54, 1.807) is 0 Å². The molecule has 0 atom stereocenters. The summed E-state index contributed by atoms with van der Waals surface area (Å²) in [6.45, 7) is 0. The molecule has 19 heavy (non-hydrogen) atoms. The number of hydrogen-bond donors (Lipinski definition) is 1. The summed E-state index contributed by atoms with van der Waals surface area (Å²) in [6, 6.07) is 11.9. The minimum atomic E-state index is -0.335. The molecular formula is C14H10BrFN2S. The van der Waals surface area contributed by atoms with Crippen molar-refractivity contribution in [1.82, 2.24) is 0 Å². The van der Waals surface area contributed by atoms with Gasteiger partial charge in [-0.05, 0) is 42.0 Å². The van der Waals surface area contributed by atoms with Gasteiger partial charge in [-0.25, -0.2) is 4.39 Å². The average Bonchev–Trinajstić information content (AvgIpc) is 2.38. The lowest BCUT2D eigenvalue weighted by molar-refractivity contribution is 0.626. The van der Waals surface area contributed by atoms with Crippen LogP contribution >= 0.6 is 27.7 Å². The number of benzene rings is 2. The zero-order chi connectivity index (χ0) is 13.8. The van der Waals surface area contributed by atoms with Gasteiger partial charge >= 0.3 is 0 Å². The zero-order valence-electron chi connectivity index (χ0n) is 9.86. The lowest BCUT2D eigenvalue weighted by Crippen LogP contribution is -1.92. The van der Waals surface area contributed by atoms with Gasteiger partial charge < -0.3 is 5.73 Å². The van der Waals surface area contributed by atoms with Crippen LogP contribution in [0.25, 0.3) is 0 Å². The molecule has 0 spiro atoms. The highest BCUT2D eigenvalue weighted by molar-refractivity contribution is 9.10. The Kier molecular flexibility index (Phi) is 4.46. The second-order valence-corrected chi connectivity index (χ2v) is 5.82. The number of rotatable bonds is 3. The zero-order valence-corrected chi connectivity index (χ0v) is 12.3. The van der Waals surface area contributed by atoms with E-state index in [4.69, 9.17) is 11.0 Å². The third-order valence-electron chi connectivity index (χ3n) is 2.54. The highest BCUT2D eigenvalue weighted by Crippen LogP contribution is 2.31. The standard InChI is InChI=1S/C14H10BrFN2S/c15-11-2-4-14(13(18)6-11)19-8-10-5-12(16)3-1-9(10)7-17/h1-6H,8,18H2. The van der Waals surface area contributed by atoms with E-state index < -0.39 is 0 Å². The van der Waals surface area contributed by atoms with Crippen molar-refractivity contribution in [3.63, 3.8) is 0 Å². The summed E-state index contributed by atoms with van der Waals surface area (Å²) in [6.07, 6.45) is 0. The molecule has 96 valence electrons. The van der Waals surface area contributed by atoms with E-state index in [1.165, 1.54) is 30.0 Å². The molecule has 0 aliphatic carbocycles. The third kappa shape index (κ3) is 3.49. The highest BCUT2D eigenvalue weighted by Gasteiger charge is 2.06. The monoisotopic (exact) mass is 336 g/mol. The van der Waals surface area contributed by atoms with Crippen molar-refractivity contribution in [2.45, 2.75) is 10.6 Å². The largest absolute Gasteiger partial charge is 0.398 e. The Morgan fingerprint density at radius 2 is 2.05 bits per heavy atom. The van der Waals surface area contributed by atoms with Crippen molar-refractivity contribution >= 4 is 33.4 Å². The molecule has 2 aromatic rings. The van der Waals surface area contributed by atoms with Gasteiger partial charge in [0.2, 0.25) is 0 Å². The van der Waals surface area contributed by atoms with Crippen molar-refractivity contribution in [3.05, 3.63) is 57.8 Å². The topological polar surface area (TPSA) is 49.8 Å². The fourth-order valence-corrected chi connectivity index (χ4v) is 2.92. The lowest BCUT2D eigenvalue weighted by atomic mass is 10.1. The SMILES string of the molecule is N#Cc1ccc(F)cc1CSc1ccc(Br)cc1N. The molecule has 2 N–H and O–H groups in total. The van der Waals surface area contributed by atoms with Crippen molar-refractivity contribution in [1.29, 1.82) is 5.26 Å². The predicted octanol–water partition coefficient (Wildman–Crippen LogP) is 4.33. The Bertz CT molecular complexity index is 652. The average molecular weight is 337 g/mol. The van der Waals surface area contributed by atoms with Gasteiger partial charge in [0.1, 0.15) is 5.82 Å². The maximum atomic E-state index is 13.2. The Balaban J connectivity index is 2.19. The number of anilines is 1. The number of halogens is 2. The van der Waals surface area contributed by atoms with E-state index in [9.17, 15) is 4.39 Å².